The Bertz CT molecular complexity index is 545. The van der Waals surface area contributed by atoms with Crippen LogP contribution in [0.1, 0.15) is 18.9 Å². The predicted octanol–water partition coefficient (Wildman–Crippen LogP) is 2.46. The number of benzene rings is 1. The molecular formula is C13H20BrClN2O2S. The Morgan fingerprint density at radius 2 is 2.05 bits per heavy atom. The molecule has 1 fully saturated rings. The highest BCUT2D eigenvalue weighted by Gasteiger charge is 2.26. The molecule has 1 heterocycles. The quantitative estimate of drug-likeness (QED) is 0.843. The molecule has 0 bridgehead atoms. The fourth-order valence-corrected chi connectivity index (χ4v) is 4.51. The molecule has 2 rings (SSSR count). The van der Waals surface area contributed by atoms with Crippen molar-refractivity contribution < 1.29 is 8.42 Å². The van der Waals surface area contributed by atoms with Gasteiger partial charge in [-0.1, -0.05) is 22.9 Å². The summed E-state index contributed by atoms with van der Waals surface area (Å²) in [5, 5.41) is 3.23. The zero-order valence-corrected chi connectivity index (χ0v) is 14.7. The van der Waals surface area contributed by atoms with Crippen molar-refractivity contribution >= 4 is 38.4 Å². The summed E-state index contributed by atoms with van der Waals surface area (Å²) in [6.45, 7) is 5.61. The molecule has 0 spiro atoms. The van der Waals surface area contributed by atoms with Gasteiger partial charge in [-0.25, -0.2) is 13.1 Å². The zero-order valence-electron chi connectivity index (χ0n) is 11.5. The maximum Gasteiger partial charge on any atom is 0.240 e. The molecule has 1 saturated heterocycles. The minimum Gasteiger partial charge on any atom is -0.315 e. The minimum absolute atomic E-state index is 0. The second-order valence-corrected chi connectivity index (χ2v) is 7.79. The summed E-state index contributed by atoms with van der Waals surface area (Å²) in [6, 6.07) is 5.17. The van der Waals surface area contributed by atoms with Crippen molar-refractivity contribution in [1.29, 1.82) is 0 Å². The van der Waals surface area contributed by atoms with E-state index in [-0.39, 0.29) is 18.4 Å². The lowest BCUT2D eigenvalue weighted by Crippen LogP contribution is -2.50. The van der Waals surface area contributed by atoms with Gasteiger partial charge in [-0.2, -0.15) is 0 Å². The first-order valence-corrected chi connectivity index (χ1v) is 8.66. The van der Waals surface area contributed by atoms with Crippen LogP contribution in [0.3, 0.4) is 0 Å². The molecule has 0 amide bonds. The number of sulfonamides is 1. The van der Waals surface area contributed by atoms with E-state index >= 15 is 0 Å². The zero-order chi connectivity index (χ0) is 14.0. The third kappa shape index (κ3) is 4.43. The fourth-order valence-electron chi connectivity index (χ4n) is 2.27. The molecule has 0 aliphatic carbocycles. The van der Waals surface area contributed by atoms with E-state index in [0.717, 1.165) is 23.0 Å². The number of halogens is 2. The molecule has 0 saturated carbocycles. The molecule has 0 radical (unpaired) electrons. The molecule has 1 aliphatic rings. The van der Waals surface area contributed by atoms with Gasteiger partial charge in [0.2, 0.25) is 10.0 Å². The molecule has 1 aromatic rings. The Labute approximate surface area is 135 Å². The number of aryl methyl sites for hydroxylation is 1. The molecule has 2 N–H and O–H groups in total. The van der Waals surface area contributed by atoms with Gasteiger partial charge in [-0.15, -0.1) is 12.4 Å². The van der Waals surface area contributed by atoms with Crippen molar-refractivity contribution in [3.63, 3.8) is 0 Å². The fraction of sp³-hybridized carbons (Fsp3) is 0.538. The van der Waals surface area contributed by atoms with Crippen molar-refractivity contribution in [1.82, 2.24) is 10.0 Å². The standard InChI is InChI=1S/C13H19BrN2O2S.ClH/c1-9-5-11(14)7-12(6-9)19(17,18)16-13-8-15-4-3-10(13)2;/h5-7,10,13,15-16H,3-4,8H2,1-2H3;1H. The van der Waals surface area contributed by atoms with E-state index < -0.39 is 10.0 Å². The van der Waals surface area contributed by atoms with Gasteiger partial charge in [0.05, 0.1) is 4.90 Å². The molecular weight excluding hydrogens is 364 g/mol. The van der Waals surface area contributed by atoms with Crippen molar-refractivity contribution in [2.24, 2.45) is 5.92 Å². The van der Waals surface area contributed by atoms with Crippen LogP contribution in [0, 0.1) is 12.8 Å². The van der Waals surface area contributed by atoms with E-state index in [0.29, 0.717) is 17.4 Å². The molecule has 114 valence electrons. The van der Waals surface area contributed by atoms with Crippen LogP contribution in [0.15, 0.2) is 27.6 Å². The monoisotopic (exact) mass is 382 g/mol. The summed E-state index contributed by atoms with van der Waals surface area (Å²) in [4.78, 5) is 0.317. The van der Waals surface area contributed by atoms with Crippen LogP contribution >= 0.6 is 28.3 Å². The van der Waals surface area contributed by atoms with Crippen molar-refractivity contribution in [3.05, 3.63) is 28.2 Å². The lowest BCUT2D eigenvalue weighted by Gasteiger charge is -2.30. The van der Waals surface area contributed by atoms with Gasteiger partial charge in [0.25, 0.3) is 0 Å². The molecule has 2 unspecified atom stereocenters. The minimum atomic E-state index is -3.46. The number of rotatable bonds is 3. The highest BCUT2D eigenvalue weighted by Crippen LogP contribution is 2.21. The van der Waals surface area contributed by atoms with E-state index in [4.69, 9.17) is 0 Å². The lowest BCUT2D eigenvalue weighted by atomic mass is 9.96. The van der Waals surface area contributed by atoms with E-state index in [9.17, 15) is 8.42 Å². The van der Waals surface area contributed by atoms with E-state index in [1.54, 1.807) is 12.1 Å². The summed E-state index contributed by atoms with van der Waals surface area (Å²) in [5.41, 5.74) is 0.921. The Morgan fingerprint density at radius 3 is 2.65 bits per heavy atom. The Hall–Kier alpha value is -0.140. The molecule has 20 heavy (non-hydrogen) atoms. The maximum absolute atomic E-state index is 12.4. The Morgan fingerprint density at radius 1 is 1.35 bits per heavy atom. The average molecular weight is 384 g/mol. The number of nitrogens with one attached hydrogen (secondary N) is 2. The average Bonchev–Trinajstić information content (AvgIpc) is 2.31. The smallest absolute Gasteiger partial charge is 0.240 e. The number of hydrogen-bond donors (Lipinski definition) is 2. The van der Waals surface area contributed by atoms with E-state index in [1.807, 2.05) is 13.0 Å². The van der Waals surface area contributed by atoms with Crippen molar-refractivity contribution in [2.45, 2.75) is 31.2 Å². The van der Waals surface area contributed by atoms with Crippen LogP contribution in [-0.4, -0.2) is 27.5 Å². The Kier molecular flexibility index (Phi) is 6.47. The van der Waals surface area contributed by atoms with Crippen LogP contribution in [0.2, 0.25) is 0 Å². The first-order valence-electron chi connectivity index (χ1n) is 6.39. The number of hydrogen-bond acceptors (Lipinski definition) is 3. The molecule has 7 heteroatoms. The predicted molar refractivity (Wildman–Crippen MR) is 86.9 cm³/mol. The molecule has 1 aliphatic heterocycles. The summed E-state index contributed by atoms with van der Waals surface area (Å²) in [5.74, 6) is 0.351. The Balaban J connectivity index is 0.00000200. The molecule has 2 atom stereocenters. The first kappa shape index (κ1) is 17.9. The van der Waals surface area contributed by atoms with E-state index in [1.165, 1.54) is 0 Å². The van der Waals surface area contributed by atoms with Crippen molar-refractivity contribution in [3.8, 4) is 0 Å². The van der Waals surface area contributed by atoms with Crippen LogP contribution in [-0.2, 0) is 10.0 Å². The van der Waals surface area contributed by atoms with Gasteiger partial charge in [0.15, 0.2) is 0 Å². The second kappa shape index (κ2) is 7.22. The maximum atomic E-state index is 12.4. The van der Waals surface area contributed by atoms with E-state index in [2.05, 4.69) is 32.9 Å². The van der Waals surface area contributed by atoms with Crippen LogP contribution in [0.25, 0.3) is 0 Å². The van der Waals surface area contributed by atoms with Gasteiger partial charge in [0, 0.05) is 17.1 Å². The highest BCUT2D eigenvalue weighted by atomic mass is 79.9. The summed E-state index contributed by atoms with van der Waals surface area (Å²) < 4.78 is 28.4. The first-order chi connectivity index (χ1) is 8.88. The SMILES string of the molecule is Cc1cc(Br)cc(S(=O)(=O)NC2CNCCC2C)c1.Cl. The van der Waals surface area contributed by atoms with Gasteiger partial charge >= 0.3 is 0 Å². The van der Waals surface area contributed by atoms with Crippen molar-refractivity contribution in [2.75, 3.05) is 13.1 Å². The summed E-state index contributed by atoms with van der Waals surface area (Å²) in [7, 11) is -3.46. The normalized spacial score (nSPS) is 23.1. The van der Waals surface area contributed by atoms with Crippen LogP contribution in [0.4, 0.5) is 0 Å². The molecule has 0 aromatic heterocycles. The highest BCUT2D eigenvalue weighted by molar-refractivity contribution is 9.10. The summed E-state index contributed by atoms with van der Waals surface area (Å²) in [6.07, 6.45) is 0.991. The van der Waals surface area contributed by atoms with Crippen LogP contribution in [0.5, 0.6) is 0 Å². The van der Waals surface area contributed by atoms with Gasteiger partial charge < -0.3 is 5.32 Å². The van der Waals surface area contributed by atoms with Crippen LogP contribution < -0.4 is 10.0 Å². The largest absolute Gasteiger partial charge is 0.315 e. The lowest BCUT2D eigenvalue weighted by molar-refractivity contribution is 0.327. The third-order valence-electron chi connectivity index (χ3n) is 3.46. The summed E-state index contributed by atoms with van der Waals surface area (Å²) >= 11 is 3.34. The topological polar surface area (TPSA) is 58.2 Å². The second-order valence-electron chi connectivity index (χ2n) is 5.16. The van der Waals surface area contributed by atoms with Gasteiger partial charge in [-0.05, 0) is 49.6 Å². The third-order valence-corrected chi connectivity index (χ3v) is 5.39. The number of piperidine rings is 1. The van der Waals surface area contributed by atoms with Gasteiger partial charge in [-0.3, -0.25) is 0 Å². The molecule has 1 aromatic carbocycles. The molecule has 4 nitrogen and oxygen atoms in total. The van der Waals surface area contributed by atoms with Gasteiger partial charge in [0.1, 0.15) is 0 Å².